The molecule has 0 bridgehead atoms. The molecule has 0 radical (unpaired) electrons. The predicted octanol–water partition coefficient (Wildman–Crippen LogP) is 0.994. The van der Waals surface area contributed by atoms with Crippen molar-refractivity contribution in [2.75, 3.05) is 13.1 Å². The van der Waals surface area contributed by atoms with Crippen LogP contribution in [0.25, 0.3) is 0 Å². The van der Waals surface area contributed by atoms with Crippen LogP contribution in [-0.2, 0) is 23.0 Å². The van der Waals surface area contributed by atoms with E-state index in [9.17, 15) is 9.59 Å². The van der Waals surface area contributed by atoms with Crippen LogP contribution in [0.2, 0.25) is 0 Å². The van der Waals surface area contributed by atoms with Crippen LogP contribution in [0.4, 0.5) is 4.79 Å². The van der Waals surface area contributed by atoms with Crippen LogP contribution in [0.5, 0.6) is 0 Å². The topological polar surface area (TPSA) is 85.2 Å². The zero-order valence-corrected chi connectivity index (χ0v) is 13.1. The molecular formula is C14H24N4O3. The van der Waals surface area contributed by atoms with Crippen molar-refractivity contribution in [1.82, 2.24) is 20.4 Å². The Morgan fingerprint density at radius 1 is 1.29 bits per heavy atom. The van der Waals surface area contributed by atoms with Crippen LogP contribution >= 0.6 is 0 Å². The van der Waals surface area contributed by atoms with Crippen molar-refractivity contribution in [2.45, 2.75) is 39.2 Å². The van der Waals surface area contributed by atoms with Crippen LogP contribution in [0.3, 0.4) is 0 Å². The number of carbonyl (C=O) groups is 2. The summed E-state index contributed by atoms with van der Waals surface area (Å²) in [7, 11) is 1.81. The van der Waals surface area contributed by atoms with Crippen LogP contribution in [0.1, 0.15) is 32.8 Å². The second kappa shape index (κ2) is 7.66. The largest absolute Gasteiger partial charge is 0.444 e. The van der Waals surface area contributed by atoms with E-state index in [0.717, 1.165) is 5.56 Å². The van der Waals surface area contributed by atoms with Gasteiger partial charge in [0.25, 0.3) is 0 Å². The third kappa shape index (κ3) is 7.96. The smallest absolute Gasteiger partial charge is 0.407 e. The Kier molecular flexibility index (Phi) is 6.20. The van der Waals surface area contributed by atoms with Crippen molar-refractivity contribution in [2.24, 2.45) is 7.05 Å². The Morgan fingerprint density at radius 2 is 1.95 bits per heavy atom. The predicted molar refractivity (Wildman–Crippen MR) is 78.8 cm³/mol. The quantitative estimate of drug-likeness (QED) is 0.767. The summed E-state index contributed by atoms with van der Waals surface area (Å²) in [6, 6.07) is 0. The molecule has 0 unspecified atom stereocenters. The average molecular weight is 296 g/mol. The molecule has 0 spiro atoms. The number of carbonyl (C=O) groups excluding carboxylic acids is 2. The first-order valence-corrected chi connectivity index (χ1v) is 6.97. The number of aromatic nitrogens is 2. The van der Waals surface area contributed by atoms with E-state index in [1.807, 2.05) is 34.0 Å². The number of rotatable bonds is 6. The monoisotopic (exact) mass is 296 g/mol. The molecular weight excluding hydrogens is 272 g/mol. The van der Waals surface area contributed by atoms with E-state index < -0.39 is 11.7 Å². The van der Waals surface area contributed by atoms with Gasteiger partial charge in [0.15, 0.2) is 0 Å². The average Bonchev–Trinajstić information content (AvgIpc) is 2.71. The number of amides is 2. The van der Waals surface area contributed by atoms with Crippen LogP contribution in [0, 0.1) is 0 Å². The number of nitrogens with one attached hydrogen (secondary N) is 2. The first-order chi connectivity index (χ1) is 9.76. The molecule has 7 nitrogen and oxygen atoms in total. The van der Waals surface area contributed by atoms with Crippen LogP contribution < -0.4 is 10.6 Å². The summed E-state index contributed by atoms with van der Waals surface area (Å²) in [5, 5.41) is 9.44. The van der Waals surface area contributed by atoms with Crippen LogP contribution in [0.15, 0.2) is 12.4 Å². The van der Waals surface area contributed by atoms with E-state index in [1.165, 1.54) is 0 Å². The van der Waals surface area contributed by atoms with Gasteiger partial charge in [-0.2, -0.15) is 5.10 Å². The molecule has 0 aliphatic heterocycles. The van der Waals surface area contributed by atoms with Gasteiger partial charge in [-0.15, -0.1) is 0 Å². The summed E-state index contributed by atoms with van der Waals surface area (Å²) in [6.07, 6.45) is 4.00. The number of alkyl carbamates (subject to hydrolysis) is 1. The van der Waals surface area contributed by atoms with E-state index in [0.29, 0.717) is 25.9 Å². The van der Waals surface area contributed by atoms with Gasteiger partial charge in [0.2, 0.25) is 5.91 Å². The highest BCUT2D eigenvalue weighted by Gasteiger charge is 2.15. The van der Waals surface area contributed by atoms with Gasteiger partial charge in [-0.3, -0.25) is 9.48 Å². The molecule has 2 N–H and O–H groups in total. The highest BCUT2D eigenvalue weighted by atomic mass is 16.6. The standard InChI is InChI=1S/C14H24N4O3/c1-14(2,3)21-13(20)16-7-5-6-15-12(19)8-11-9-17-18(4)10-11/h9-10H,5-8H2,1-4H3,(H,15,19)(H,16,20). The van der Waals surface area contributed by atoms with Crippen molar-refractivity contribution < 1.29 is 14.3 Å². The minimum Gasteiger partial charge on any atom is -0.444 e. The molecule has 0 saturated carbocycles. The molecule has 0 fully saturated rings. The SMILES string of the molecule is Cn1cc(CC(=O)NCCCNC(=O)OC(C)(C)C)cn1. The lowest BCUT2D eigenvalue weighted by atomic mass is 10.2. The lowest BCUT2D eigenvalue weighted by Gasteiger charge is -2.19. The van der Waals surface area contributed by atoms with Crippen molar-refractivity contribution in [1.29, 1.82) is 0 Å². The van der Waals surface area contributed by atoms with Gasteiger partial charge in [-0.1, -0.05) is 0 Å². The van der Waals surface area contributed by atoms with E-state index in [4.69, 9.17) is 4.74 Å². The Labute approximate surface area is 125 Å². The zero-order chi connectivity index (χ0) is 15.9. The summed E-state index contributed by atoms with van der Waals surface area (Å²) in [4.78, 5) is 23.0. The fourth-order valence-corrected chi connectivity index (χ4v) is 1.63. The first-order valence-electron chi connectivity index (χ1n) is 6.97. The van der Waals surface area contributed by atoms with E-state index >= 15 is 0 Å². The second-order valence-corrected chi connectivity index (χ2v) is 5.83. The van der Waals surface area contributed by atoms with Gasteiger partial charge in [0, 0.05) is 26.3 Å². The normalized spacial score (nSPS) is 11.0. The number of aryl methyl sites for hydroxylation is 1. The number of hydrogen-bond donors (Lipinski definition) is 2. The lowest BCUT2D eigenvalue weighted by molar-refractivity contribution is -0.120. The highest BCUT2D eigenvalue weighted by Crippen LogP contribution is 2.06. The van der Waals surface area contributed by atoms with Crippen molar-refractivity contribution in [3.8, 4) is 0 Å². The highest BCUT2D eigenvalue weighted by molar-refractivity contribution is 5.78. The van der Waals surface area contributed by atoms with E-state index in [-0.39, 0.29) is 5.91 Å². The number of ether oxygens (including phenoxy) is 1. The molecule has 2 amide bonds. The maximum Gasteiger partial charge on any atom is 0.407 e. The molecule has 0 aromatic carbocycles. The summed E-state index contributed by atoms with van der Waals surface area (Å²) in [5.41, 5.74) is 0.379. The number of nitrogens with zero attached hydrogens (tertiary/aromatic N) is 2. The third-order valence-corrected chi connectivity index (χ3v) is 2.47. The van der Waals surface area contributed by atoms with Crippen molar-refractivity contribution >= 4 is 12.0 Å². The molecule has 21 heavy (non-hydrogen) atoms. The van der Waals surface area contributed by atoms with Crippen LogP contribution in [-0.4, -0.2) is 40.5 Å². The Balaban J connectivity index is 2.08. The van der Waals surface area contributed by atoms with Crippen molar-refractivity contribution in [3.63, 3.8) is 0 Å². The van der Waals surface area contributed by atoms with Gasteiger partial charge < -0.3 is 15.4 Å². The lowest BCUT2D eigenvalue weighted by Crippen LogP contribution is -2.34. The minimum atomic E-state index is -0.498. The summed E-state index contributed by atoms with van der Waals surface area (Å²) >= 11 is 0. The Bertz CT molecular complexity index is 477. The summed E-state index contributed by atoms with van der Waals surface area (Å²) in [6.45, 7) is 6.40. The Morgan fingerprint density at radius 3 is 2.52 bits per heavy atom. The maximum atomic E-state index is 11.6. The minimum absolute atomic E-state index is 0.0553. The fourth-order valence-electron chi connectivity index (χ4n) is 1.63. The maximum absolute atomic E-state index is 11.6. The van der Waals surface area contributed by atoms with Crippen molar-refractivity contribution in [3.05, 3.63) is 18.0 Å². The Hall–Kier alpha value is -2.05. The molecule has 1 aromatic heterocycles. The van der Waals surface area contributed by atoms with Gasteiger partial charge >= 0.3 is 6.09 Å². The van der Waals surface area contributed by atoms with E-state index in [1.54, 1.807) is 10.9 Å². The number of hydrogen-bond acceptors (Lipinski definition) is 4. The molecule has 1 heterocycles. The summed E-state index contributed by atoms with van der Waals surface area (Å²) < 4.78 is 6.76. The molecule has 0 atom stereocenters. The first kappa shape index (κ1) is 17.0. The second-order valence-electron chi connectivity index (χ2n) is 5.83. The third-order valence-electron chi connectivity index (χ3n) is 2.47. The molecule has 7 heteroatoms. The molecule has 0 saturated heterocycles. The fraction of sp³-hybridized carbons (Fsp3) is 0.643. The van der Waals surface area contributed by atoms with Gasteiger partial charge in [-0.05, 0) is 32.8 Å². The molecule has 1 rings (SSSR count). The molecule has 0 aliphatic carbocycles. The molecule has 0 aliphatic rings. The summed E-state index contributed by atoms with van der Waals surface area (Å²) in [5.74, 6) is -0.0553. The van der Waals surface area contributed by atoms with Gasteiger partial charge in [0.1, 0.15) is 5.60 Å². The zero-order valence-electron chi connectivity index (χ0n) is 13.1. The van der Waals surface area contributed by atoms with E-state index in [2.05, 4.69) is 15.7 Å². The molecule has 118 valence electrons. The van der Waals surface area contributed by atoms with Gasteiger partial charge in [0.05, 0.1) is 12.6 Å². The molecule has 1 aromatic rings. The van der Waals surface area contributed by atoms with Gasteiger partial charge in [-0.25, -0.2) is 4.79 Å².